The monoisotopic (exact) mass is 635 g/mol. The Morgan fingerprint density at radius 1 is 0.630 bits per heavy atom. The zero-order valence-corrected chi connectivity index (χ0v) is 29.4. The molecule has 0 radical (unpaired) electrons. The first-order valence-electron chi connectivity index (χ1n) is 18.4. The Morgan fingerprint density at radius 2 is 1.20 bits per heavy atom. The Hall–Kier alpha value is -2.22. The first-order valence-corrected chi connectivity index (χ1v) is 18.4. The van der Waals surface area contributed by atoms with E-state index in [9.17, 15) is 0 Å². The summed E-state index contributed by atoms with van der Waals surface area (Å²) in [4.78, 5) is 0. The van der Waals surface area contributed by atoms with Gasteiger partial charge >= 0.3 is 0 Å². The van der Waals surface area contributed by atoms with E-state index in [0.717, 1.165) is 70.8 Å². The average Bonchev–Trinajstić information content (AvgIpc) is 3.42. The van der Waals surface area contributed by atoms with Crippen molar-refractivity contribution in [3.05, 3.63) is 71.4 Å². The van der Waals surface area contributed by atoms with Crippen LogP contribution in [0.15, 0.2) is 54.7 Å². The molecule has 1 aromatic heterocycles. The van der Waals surface area contributed by atoms with E-state index in [1.54, 1.807) is 0 Å². The van der Waals surface area contributed by atoms with Crippen LogP contribution in [-0.4, -0.2) is 68.1 Å². The Morgan fingerprint density at radius 3 is 1.83 bits per heavy atom. The lowest BCUT2D eigenvalue weighted by atomic mass is 9.93. The molecule has 6 nitrogen and oxygen atoms in total. The molecule has 0 spiro atoms. The number of unbranched alkanes of at least 4 members (excludes halogenated alkanes) is 4. The van der Waals surface area contributed by atoms with Crippen LogP contribution in [0.3, 0.4) is 0 Å². The second kappa shape index (κ2) is 20.2. The second-order valence-electron chi connectivity index (χ2n) is 12.9. The number of benzene rings is 2. The smallest absolute Gasteiger partial charge is 0.115 e. The molecule has 6 heteroatoms. The fraction of sp³-hybridized carbons (Fsp3) is 0.650. The third-order valence-electron chi connectivity index (χ3n) is 9.15. The highest BCUT2D eigenvalue weighted by atomic mass is 16.6. The summed E-state index contributed by atoms with van der Waals surface area (Å²) in [5.41, 5.74) is 5.25. The standard InChI is InChI=1S/C40H61NO5/c1-6-11-23-42-30-37-39(44-25-13-8-3)40(45-26-14-9-4)38(43-24-12-7-2)36(46-37)29-41-28-33(34-17-15-16-18-35(34)41)27-32-21-19-31(10-5)20-22-32/h15-22,28,36-40H,6-14,23-27,29-30H2,1-5H3/t36?,37?,38-,39+,40?/m0/s1. The van der Waals surface area contributed by atoms with Crippen LogP contribution in [0.5, 0.6) is 0 Å². The molecule has 2 heterocycles. The van der Waals surface area contributed by atoms with Crippen LogP contribution in [-0.2, 0) is 43.1 Å². The van der Waals surface area contributed by atoms with Crippen molar-refractivity contribution in [2.24, 2.45) is 0 Å². The molecular formula is C40H61NO5. The molecule has 1 fully saturated rings. The van der Waals surface area contributed by atoms with Gasteiger partial charge in [-0.1, -0.05) is 103 Å². The fourth-order valence-electron chi connectivity index (χ4n) is 6.32. The number of nitrogens with zero attached hydrogens (tertiary/aromatic N) is 1. The van der Waals surface area contributed by atoms with Gasteiger partial charge in [-0.2, -0.15) is 0 Å². The van der Waals surface area contributed by atoms with Crippen molar-refractivity contribution < 1.29 is 23.7 Å². The molecule has 1 aliphatic heterocycles. The maximum atomic E-state index is 7.02. The van der Waals surface area contributed by atoms with Crippen molar-refractivity contribution in [1.29, 1.82) is 0 Å². The Bertz CT molecular complexity index is 1240. The number of aryl methyl sites for hydroxylation is 1. The molecule has 0 aliphatic carbocycles. The summed E-state index contributed by atoms with van der Waals surface area (Å²) in [6.45, 7) is 15.0. The molecule has 2 aromatic carbocycles. The topological polar surface area (TPSA) is 51.1 Å². The van der Waals surface area contributed by atoms with Crippen molar-refractivity contribution in [3.63, 3.8) is 0 Å². The first kappa shape index (κ1) is 36.6. The van der Waals surface area contributed by atoms with Crippen molar-refractivity contribution >= 4 is 10.9 Å². The third-order valence-corrected chi connectivity index (χ3v) is 9.15. The van der Waals surface area contributed by atoms with Crippen molar-refractivity contribution in [2.45, 2.75) is 136 Å². The Balaban J connectivity index is 1.66. The number of rotatable bonds is 22. The summed E-state index contributed by atoms with van der Waals surface area (Å²) in [6.07, 6.45) is 11.5. The quantitative estimate of drug-likeness (QED) is 0.103. The minimum atomic E-state index is -0.242. The summed E-state index contributed by atoms with van der Waals surface area (Å²) < 4.78 is 35.7. The molecule has 46 heavy (non-hydrogen) atoms. The van der Waals surface area contributed by atoms with E-state index in [-0.39, 0.29) is 30.5 Å². The average molecular weight is 636 g/mol. The molecule has 1 saturated heterocycles. The van der Waals surface area contributed by atoms with Crippen LogP contribution in [0.4, 0.5) is 0 Å². The van der Waals surface area contributed by atoms with E-state index in [2.05, 4.69) is 93.9 Å². The van der Waals surface area contributed by atoms with Crippen molar-refractivity contribution in [1.82, 2.24) is 4.57 Å². The molecule has 1 aliphatic rings. The van der Waals surface area contributed by atoms with E-state index in [0.29, 0.717) is 33.0 Å². The molecule has 0 bridgehead atoms. The largest absolute Gasteiger partial charge is 0.379 e. The van der Waals surface area contributed by atoms with Crippen molar-refractivity contribution in [3.8, 4) is 0 Å². The van der Waals surface area contributed by atoms with Gasteiger partial charge in [-0.05, 0) is 61.3 Å². The van der Waals surface area contributed by atoms with E-state index >= 15 is 0 Å². The number of para-hydroxylation sites is 1. The maximum Gasteiger partial charge on any atom is 0.115 e. The molecule has 4 rings (SSSR count). The highest BCUT2D eigenvalue weighted by Gasteiger charge is 2.48. The fourth-order valence-corrected chi connectivity index (χ4v) is 6.32. The molecule has 0 amide bonds. The van der Waals surface area contributed by atoms with Gasteiger partial charge in [0.05, 0.1) is 13.2 Å². The molecule has 5 atom stereocenters. The van der Waals surface area contributed by atoms with Crippen LogP contribution < -0.4 is 0 Å². The predicted octanol–water partition coefficient (Wildman–Crippen LogP) is 8.93. The van der Waals surface area contributed by atoms with Gasteiger partial charge in [0.1, 0.15) is 30.5 Å². The number of aromatic nitrogens is 1. The van der Waals surface area contributed by atoms with Gasteiger partial charge in [0.15, 0.2) is 0 Å². The normalized spacial score (nSPS) is 21.7. The lowest BCUT2D eigenvalue weighted by Gasteiger charge is -2.46. The van der Waals surface area contributed by atoms with Gasteiger partial charge < -0.3 is 28.3 Å². The highest BCUT2D eigenvalue weighted by Crippen LogP contribution is 2.32. The molecule has 0 N–H and O–H groups in total. The maximum absolute atomic E-state index is 7.02. The molecule has 3 aromatic rings. The number of hydrogen-bond acceptors (Lipinski definition) is 5. The molecular weight excluding hydrogens is 574 g/mol. The second-order valence-corrected chi connectivity index (χ2v) is 12.9. The Kier molecular flexibility index (Phi) is 16.1. The Labute approximate surface area is 279 Å². The SMILES string of the molecule is CCCCOCC1OC(Cn2cc(Cc3ccc(CC)cc3)c3ccccc32)[C@H](OCCCC)C(OCCCC)[C@@H]1OCCCC. The summed E-state index contributed by atoms with van der Waals surface area (Å²) in [7, 11) is 0. The van der Waals surface area contributed by atoms with Gasteiger partial charge in [-0.25, -0.2) is 0 Å². The van der Waals surface area contributed by atoms with Crippen LogP contribution in [0.2, 0.25) is 0 Å². The minimum Gasteiger partial charge on any atom is -0.379 e. The summed E-state index contributed by atoms with van der Waals surface area (Å²) in [5, 5.41) is 1.29. The highest BCUT2D eigenvalue weighted by molar-refractivity contribution is 5.84. The number of fused-ring (bicyclic) bond motifs is 1. The zero-order valence-electron chi connectivity index (χ0n) is 29.4. The van der Waals surface area contributed by atoms with Crippen molar-refractivity contribution in [2.75, 3.05) is 33.0 Å². The van der Waals surface area contributed by atoms with Crippen LogP contribution in [0.1, 0.15) is 103 Å². The van der Waals surface area contributed by atoms with E-state index in [1.807, 2.05) is 0 Å². The third kappa shape index (κ3) is 10.4. The van der Waals surface area contributed by atoms with E-state index in [4.69, 9.17) is 23.7 Å². The first-order chi connectivity index (χ1) is 22.6. The number of ether oxygens (including phenoxy) is 5. The molecule has 0 saturated carbocycles. The summed E-state index contributed by atoms with van der Waals surface area (Å²) >= 11 is 0. The van der Waals surface area contributed by atoms with Gasteiger partial charge in [0.2, 0.25) is 0 Å². The van der Waals surface area contributed by atoms with Gasteiger partial charge in [0, 0.05) is 43.5 Å². The van der Waals surface area contributed by atoms with Crippen LogP contribution >= 0.6 is 0 Å². The molecule has 256 valence electrons. The summed E-state index contributed by atoms with van der Waals surface area (Å²) in [5.74, 6) is 0. The zero-order chi connectivity index (χ0) is 32.6. The van der Waals surface area contributed by atoms with Crippen LogP contribution in [0, 0.1) is 0 Å². The minimum absolute atomic E-state index is 0.207. The van der Waals surface area contributed by atoms with Gasteiger partial charge in [-0.3, -0.25) is 0 Å². The van der Waals surface area contributed by atoms with Crippen LogP contribution in [0.25, 0.3) is 10.9 Å². The lowest BCUT2D eigenvalue weighted by Crippen LogP contribution is -2.62. The van der Waals surface area contributed by atoms with Gasteiger partial charge in [0.25, 0.3) is 0 Å². The van der Waals surface area contributed by atoms with E-state index < -0.39 is 0 Å². The molecule has 3 unspecified atom stereocenters. The van der Waals surface area contributed by atoms with E-state index in [1.165, 1.54) is 27.6 Å². The summed E-state index contributed by atoms with van der Waals surface area (Å²) in [6, 6.07) is 17.8. The number of hydrogen-bond donors (Lipinski definition) is 0. The van der Waals surface area contributed by atoms with Gasteiger partial charge in [-0.15, -0.1) is 0 Å². The predicted molar refractivity (Wildman–Crippen MR) is 189 cm³/mol. The lowest BCUT2D eigenvalue weighted by molar-refractivity contribution is -0.268.